The Bertz CT molecular complexity index is 1040. The number of aryl methyl sites for hydroxylation is 1. The number of methoxy groups -OCH3 is 1. The molecule has 1 amide bonds. The van der Waals surface area contributed by atoms with Crippen LogP contribution in [0.3, 0.4) is 0 Å². The summed E-state index contributed by atoms with van der Waals surface area (Å²) in [5.41, 5.74) is 1.88. The van der Waals surface area contributed by atoms with Gasteiger partial charge in [-0.3, -0.25) is 14.2 Å². The number of amides is 1. The molecule has 0 saturated heterocycles. The van der Waals surface area contributed by atoms with Gasteiger partial charge in [0.25, 0.3) is 5.91 Å². The molecule has 28 heavy (non-hydrogen) atoms. The van der Waals surface area contributed by atoms with Gasteiger partial charge in [-0.15, -0.1) is 0 Å². The summed E-state index contributed by atoms with van der Waals surface area (Å²) in [6.45, 7) is -0.0245. The van der Waals surface area contributed by atoms with Crippen LogP contribution in [0.5, 0.6) is 5.75 Å². The molecule has 0 atom stereocenters. The third-order valence-electron chi connectivity index (χ3n) is 4.15. The number of para-hydroxylation sites is 3. The third kappa shape index (κ3) is 4.59. The van der Waals surface area contributed by atoms with Crippen molar-refractivity contribution < 1.29 is 23.5 Å². The number of carbonyl (C=O) groups is 2. The number of hydrogen-bond donors (Lipinski definition) is 1. The van der Waals surface area contributed by atoms with Crippen LogP contribution >= 0.6 is 0 Å². The van der Waals surface area contributed by atoms with E-state index >= 15 is 0 Å². The van der Waals surface area contributed by atoms with E-state index in [9.17, 15) is 14.4 Å². The minimum absolute atomic E-state index is 0.0524. The van der Waals surface area contributed by atoms with Gasteiger partial charge in [0.2, 0.25) is 0 Å². The first-order valence-corrected chi connectivity index (χ1v) is 8.71. The lowest BCUT2D eigenvalue weighted by Gasteiger charge is -2.10. The van der Waals surface area contributed by atoms with E-state index in [0.717, 1.165) is 5.56 Å². The van der Waals surface area contributed by atoms with Gasteiger partial charge in [-0.05, 0) is 18.2 Å². The van der Waals surface area contributed by atoms with E-state index in [2.05, 4.69) is 5.32 Å². The fourth-order valence-corrected chi connectivity index (χ4v) is 2.74. The Kier molecular flexibility index (Phi) is 6.11. The molecule has 0 bridgehead atoms. The number of fused-ring (bicyclic) bond motifs is 1. The van der Waals surface area contributed by atoms with E-state index in [1.165, 1.54) is 4.57 Å². The van der Waals surface area contributed by atoms with Crippen LogP contribution in [0.4, 0.5) is 0 Å². The van der Waals surface area contributed by atoms with Crippen molar-refractivity contribution in [2.24, 2.45) is 0 Å². The van der Waals surface area contributed by atoms with E-state index in [4.69, 9.17) is 13.9 Å². The molecule has 8 heteroatoms. The number of hydrogen-bond acceptors (Lipinski definition) is 6. The fraction of sp³-hybridized carbons (Fsp3) is 0.250. The van der Waals surface area contributed by atoms with E-state index in [1.807, 2.05) is 18.2 Å². The van der Waals surface area contributed by atoms with Gasteiger partial charge < -0.3 is 19.2 Å². The summed E-state index contributed by atoms with van der Waals surface area (Å²) < 4.78 is 16.6. The van der Waals surface area contributed by atoms with Gasteiger partial charge in [-0.2, -0.15) is 0 Å². The Hall–Kier alpha value is -3.55. The van der Waals surface area contributed by atoms with Crippen molar-refractivity contribution in [3.05, 3.63) is 64.6 Å². The Morgan fingerprint density at radius 2 is 1.86 bits per heavy atom. The summed E-state index contributed by atoms with van der Waals surface area (Å²) in [5, 5.41) is 2.67. The Balaban J connectivity index is 1.45. The van der Waals surface area contributed by atoms with Gasteiger partial charge in [-0.1, -0.05) is 30.3 Å². The zero-order valence-corrected chi connectivity index (χ0v) is 15.3. The lowest BCUT2D eigenvalue weighted by atomic mass is 10.2. The minimum atomic E-state index is -0.579. The van der Waals surface area contributed by atoms with Gasteiger partial charge in [0.15, 0.2) is 12.2 Å². The molecule has 0 aliphatic rings. The number of rotatable bonds is 8. The molecule has 3 aromatic rings. The van der Waals surface area contributed by atoms with Gasteiger partial charge in [-0.25, -0.2) is 4.79 Å². The smallest absolute Gasteiger partial charge is 0.419 e. The highest BCUT2D eigenvalue weighted by atomic mass is 16.5. The average Bonchev–Trinajstić information content (AvgIpc) is 3.04. The molecule has 1 heterocycles. The number of esters is 1. The monoisotopic (exact) mass is 384 g/mol. The molecule has 0 spiro atoms. The minimum Gasteiger partial charge on any atom is -0.496 e. The van der Waals surface area contributed by atoms with Crippen molar-refractivity contribution in [1.82, 2.24) is 9.88 Å². The molecule has 1 aromatic heterocycles. The molecule has 0 aliphatic heterocycles. The van der Waals surface area contributed by atoms with Gasteiger partial charge in [0.1, 0.15) is 5.75 Å². The lowest BCUT2D eigenvalue weighted by molar-refractivity contribution is -0.148. The molecule has 3 rings (SSSR count). The van der Waals surface area contributed by atoms with E-state index in [0.29, 0.717) is 16.8 Å². The molecule has 0 aliphatic carbocycles. The molecule has 146 valence electrons. The van der Waals surface area contributed by atoms with E-state index in [1.54, 1.807) is 37.4 Å². The van der Waals surface area contributed by atoms with Crippen LogP contribution in [0.1, 0.15) is 12.0 Å². The normalized spacial score (nSPS) is 10.6. The molecule has 0 fully saturated rings. The number of ether oxygens (including phenoxy) is 2. The van der Waals surface area contributed by atoms with Crippen LogP contribution in [0, 0.1) is 0 Å². The predicted octanol–water partition coefficient (Wildman–Crippen LogP) is 1.85. The standard InChI is InChI=1S/C20H20N2O6/c1-26-16-8-4-2-6-14(16)12-21-18(23)13-27-19(24)10-11-22-15-7-3-5-9-17(15)28-20(22)25/h2-9H,10-13H2,1H3,(H,21,23). The number of aromatic nitrogens is 1. The largest absolute Gasteiger partial charge is 0.496 e. The van der Waals surface area contributed by atoms with Crippen LogP contribution < -0.4 is 15.8 Å². The maximum atomic E-state index is 11.9. The first-order valence-electron chi connectivity index (χ1n) is 8.71. The molecular formula is C20H20N2O6. The number of benzene rings is 2. The number of carbonyl (C=O) groups excluding carboxylic acids is 2. The molecule has 0 radical (unpaired) electrons. The fourth-order valence-electron chi connectivity index (χ4n) is 2.74. The average molecular weight is 384 g/mol. The molecule has 8 nitrogen and oxygen atoms in total. The van der Waals surface area contributed by atoms with Gasteiger partial charge >= 0.3 is 11.7 Å². The van der Waals surface area contributed by atoms with Gasteiger partial charge in [0.05, 0.1) is 19.0 Å². The molecule has 1 N–H and O–H groups in total. The lowest BCUT2D eigenvalue weighted by Crippen LogP contribution is -2.29. The highest BCUT2D eigenvalue weighted by molar-refractivity contribution is 5.80. The number of nitrogens with one attached hydrogen (secondary N) is 1. The van der Waals surface area contributed by atoms with E-state index < -0.39 is 24.2 Å². The Morgan fingerprint density at radius 1 is 1.11 bits per heavy atom. The Morgan fingerprint density at radius 3 is 2.68 bits per heavy atom. The zero-order chi connectivity index (χ0) is 19.9. The SMILES string of the molecule is COc1ccccc1CNC(=O)COC(=O)CCn1c(=O)oc2ccccc21. The summed E-state index contributed by atoms with van der Waals surface area (Å²) >= 11 is 0. The molecule has 0 unspecified atom stereocenters. The Labute approximate surface area is 160 Å². The first kappa shape index (κ1) is 19.2. The number of oxazole rings is 1. The van der Waals surface area contributed by atoms with Gasteiger partial charge in [0, 0.05) is 18.7 Å². The van der Waals surface area contributed by atoms with Crippen LogP contribution in [0.25, 0.3) is 11.1 Å². The summed E-state index contributed by atoms with van der Waals surface area (Å²) in [5.74, 6) is -0.879. The molecule has 0 saturated carbocycles. The van der Waals surface area contributed by atoms with Crippen LogP contribution in [0.2, 0.25) is 0 Å². The van der Waals surface area contributed by atoms with Crippen molar-refractivity contribution in [1.29, 1.82) is 0 Å². The molecule has 2 aromatic carbocycles. The summed E-state index contributed by atoms with van der Waals surface area (Å²) in [6.07, 6.45) is -0.0524. The maximum absolute atomic E-state index is 11.9. The first-order chi connectivity index (χ1) is 13.6. The second kappa shape index (κ2) is 8.90. The number of nitrogens with zero attached hydrogens (tertiary/aromatic N) is 1. The highest BCUT2D eigenvalue weighted by Gasteiger charge is 2.12. The second-order valence-corrected chi connectivity index (χ2v) is 5.99. The maximum Gasteiger partial charge on any atom is 0.419 e. The van der Waals surface area contributed by atoms with E-state index in [-0.39, 0.29) is 19.5 Å². The van der Waals surface area contributed by atoms with Crippen molar-refractivity contribution >= 4 is 23.0 Å². The van der Waals surface area contributed by atoms with Crippen LogP contribution in [-0.2, 0) is 27.4 Å². The van der Waals surface area contributed by atoms with Crippen LogP contribution in [0.15, 0.2) is 57.7 Å². The summed E-state index contributed by atoms with van der Waals surface area (Å²) in [6, 6.07) is 14.2. The third-order valence-corrected chi connectivity index (χ3v) is 4.15. The van der Waals surface area contributed by atoms with Crippen molar-refractivity contribution in [3.8, 4) is 5.75 Å². The zero-order valence-electron chi connectivity index (χ0n) is 15.3. The highest BCUT2D eigenvalue weighted by Crippen LogP contribution is 2.16. The predicted molar refractivity (Wildman–Crippen MR) is 101 cm³/mol. The second-order valence-electron chi connectivity index (χ2n) is 5.99. The van der Waals surface area contributed by atoms with Crippen molar-refractivity contribution in [2.45, 2.75) is 19.5 Å². The topological polar surface area (TPSA) is 99.8 Å². The van der Waals surface area contributed by atoms with Crippen molar-refractivity contribution in [2.75, 3.05) is 13.7 Å². The summed E-state index contributed by atoms with van der Waals surface area (Å²) in [7, 11) is 1.55. The quantitative estimate of drug-likeness (QED) is 0.595. The van der Waals surface area contributed by atoms with Crippen molar-refractivity contribution in [3.63, 3.8) is 0 Å². The summed E-state index contributed by atoms with van der Waals surface area (Å²) in [4.78, 5) is 35.6. The molecular weight excluding hydrogens is 364 g/mol. The van der Waals surface area contributed by atoms with Crippen LogP contribution in [-0.4, -0.2) is 30.2 Å².